The van der Waals surface area contributed by atoms with E-state index < -0.39 is 0 Å². The minimum atomic E-state index is 0.0289. The standard InChI is InChI=1S/C21H13ClN2O/c22-11-5-6-12-10(7-11)8-14-17(12)19-15(9-23-21(19)25)18-13-3-1-2-4-16(13)24-20(14)18/h1-7,24H,8-9H2,(H,23,25). The highest BCUT2D eigenvalue weighted by molar-refractivity contribution is 6.31. The highest BCUT2D eigenvalue weighted by atomic mass is 35.5. The molecule has 0 saturated carbocycles. The van der Waals surface area contributed by atoms with Crippen molar-refractivity contribution in [2.24, 2.45) is 0 Å². The Morgan fingerprint density at radius 1 is 1.00 bits per heavy atom. The fourth-order valence-corrected chi connectivity index (χ4v) is 4.73. The molecule has 1 aliphatic heterocycles. The summed E-state index contributed by atoms with van der Waals surface area (Å²) >= 11 is 6.21. The molecule has 0 radical (unpaired) electrons. The molecule has 0 unspecified atom stereocenters. The number of H-pyrrole nitrogens is 1. The van der Waals surface area contributed by atoms with Crippen molar-refractivity contribution in [3.63, 3.8) is 0 Å². The molecule has 3 nitrogen and oxygen atoms in total. The van der Waals surface area contributed by atoms with E-state index in [1.165, 1.54) is 21.9 Å². The molecule has 2 N–H and O–H groups in total. The average Bonchev–Trinajstić information content (AvgIpc) is 3.27. The van der Waals surface area contributed by atoms with E-state index in [9.17, 15) is 4.79 Å². The molecule has 0 atom stereocenters. The second-order valence-corrected chi connectivity index (χ2v) is 7.23. The quantitative estimate of drug-likeness (QED) is 0.417. The van der Waals surface area contributed by atoms with Gasteiger partial charge in [-0.05, 0) is 40.5 Å². The third-order valence-corrected chi connectivity index (χ3v) is 5.75. The zero-order chi connectivity index (χ0) is 16.7. The zero-order valence-electron chi connectivity index (χ0n) is 13.2. The number of nitrogens with one attached hydrogen (secondary N) is 2. The van der Waals surface area contributed by atoms with Crippen LogP contribution in [0.25, 0.3) is 32.9 Å². The van der Waals surface area contributed by atoms with Gasteiger partial charge in [0.25, 0.3) is 5.91 Å². The van der Waals surface area contributed by atoms with Crippen molar-refractivity contribution in [3.05, 3.63) is 69.7 Å². The number of halogens is 1. The van der Waals surface area contributed by atoms with Crippen LogP contribution in [-0.4, -0.2) is 10.9 Å². The lowest BCUT2D eigenvalue weighted by atomic mass is 9.92. The molecule has 1 aliphatic carbocycles. The van der Waals surface area contributed by atoms with Gasteiger partial charge in [0.2, 0.25) is 0 Å². The lowest BCUT2D eigenvalue weighted by Crippen LogP contribution is -2.13. The van der Waals surface area contributed by atoms with Crippen molar-refractivity contribution in [2.45, 2.75) is 13.0 Å². The zero-order valence-corrected chi connectivity index (χ0v) is 14.0. The first-order chi connectivity index (χ1) is 12.2. The first-order valence-electron chi connectivity index (χ1n) is 8.37. The Bertz CT molecular complexity index is 1250. The second-order valence-electron chi connectivity index (χ2n) is 6.79. The van der Waals surface area contributed by atoms with Crippen LogP contribution in [0.3, 0.4) is 0 Å². The molecule has 0 fully saturated rings. The molecule has 6 rings (SSSR count). The van der Waals surface area contributed by atoms with Gasteiger partial charge in [-0.2, -0.15) is 0 Å². The third-order valence-electron chi connectivity index (χ3n) is 5.52. The topological polar surface area (TPSA) is 44.9 Å². The maximum Gasteiger partial charge on any atom is 0.252 e. The van der Waals surface area contributed by atoms with Gasteiger partial charge in [-0.15, -0.1) is 0 Å². The third kappa shape index (κ3) is 1.59. The highest BCUT2D eigenvalue weighted by Crippen LogP contribution is 2.47. The molecule has 0 spiro atoms. The number of rotatable bonds is 0. The predicted molar refractivity (Wildman–Crippen MR) is 100 cm³/mol. The summed E-state index contributed by atoms with van der Waals surface area (Å²) in [6.45, 7) is 0.586. The molecular weight excluding hydrogens is 332 g/mol. The van der Waals surface area contributed by atoms with Crippen LogP contribution in [0, 0.1) is 0 Å². The van der Waals surface area contributed by atoms with Gasteiger partial charge in [0, 0.05) is 39.8 Å². The number of carbonyl (C=O) groups is 1. The van der Waals surface area contributed by atoms with Crippen LogP contribution in [0.2, 0.25) is 5.02 Å². The first kappa shape index (κ1) is 13.5. The molecule has 120 valence electrons. The first-order valence-corrected chi connectivity index (χ1v) is 8.75. The van der Waals surface area contributed by atoms with E-state index in [1.54, 1.807) is 0 Å². The van der Waals surface area contributed by atoms with Gasteiger partial charge in [0.15, 0.2) is 0 Å². The number of hydrogen-bond acceptors (Lipinski definition) is 1. The lowest BCUT2D eigenvalue weighted by Gasteiger charge is -2.09. The van der Waals surface area contributed by atoms with E-state index in [2.05, 4.69) is 22.4 Å². The largest absolute Gasteiger partial charge is 0.354 e. The van der Waals surface area contributed by atoms with Crippen molar-refractivity contribution in [1.82, 2.24) is 10.3 Å². The summed E-state index contributed by atoms with van der Waals surface area (Å²) in [4.78, 5) is 16.3. The Morgan fingerprint density at radius 3 is 2.80 bits per heavy atom. The van der Waals surface area contributed by atoms with E-state index in [0.717, 1.165) is 44.7 Å². The summed E-state index contributed by atoms with van der Waals surface area (Å²) in [6, 6.07) is 14.3. The van der Waals surface area contributed by atoms with Gasteiger partial charge < -0.3 is 10.3 Å². The van der Waals surface area contributed by atoms with Gasteiger partial charge in [-0.3, -0.25) is 4.79 Å². The van der Waals surface area contributed by atoms with E-state index in [-0.39, 0.29) is 5.91 Å². The van der Waals surface area contributed by atoms with Crippen LogP contribution in [0.1, 0.15) is 27.0 Å². The second kappa shape index (κ2) is 4.44. The van der Waals surface area contributed by atoms with E-state index in [4.69, 9.17) is 11.6 Å². The van der Waals surface area contributed by atoms with Crippen LogP contribution in [0.5, 0.6) is 0 Å². The van der Waals surface area contributed by atoms with Gasteiger partial charge >= 0.3 is 0 Å². The van der Waals surface area contributed by atoms with Gasteiger partial charge in [-0.1, -0.05) is 35.9 Å². The number of amides is 1. The number of para-hydroxylation sites is 1. The molecule has 0 saturated heterocycles. The van der Waals surface area contributed by atoms with E-state index >= 15 is 0 Å². The SMILES string of the molecule is O=C1NCc2c1c1c(c3[nH]c4ccccc4c23)Cc2cc(Cl)ccc2-1. The normalized spacial score (nSPS) is 14.7. The Balaban J connectivity index is 1.85. The molecule has 0 bridgehead atoms. The van der Waals surface area contributed by atoms with Gasteiger partial charge in [0.05, 0.1) is 11.1 Å². The summed E-state index contributed by atoms with van der Waals surface area (Å²) < 4.78 is 0. The summed E-state index contributed by atoms with van der Waals surface area (Å²) in [5.41, 5.74) is 8.83. The van der Waals surface area contributed by atoms with Crippen molar-refractivity contribution in [1.29, 1.82) is 0 Å². The minimum Gasteiger partial charge on any atom is -0.354 e. The maximum absolute atomic E-state index is 12.7. The van der Waals surface area contributed by atoms with Crippen molar-refractivity contribution in [3.8, 4) is 11.1 Å². The molecule has 1 aromatic heterocycles. The van der Waals surface area contributed by atoms with E-state index in [1.807, 2.05) is 30.3 Å². The fraction of sp³-hybridized carbons (Fsp3) is 0.0952. The molecule has 4 heteroatoms. The molecule has 25 heavy (non-hydrogen) atoms. The Morgan fingerprint density at radius 2 is 1.88 bits per heavy atom. The average molecular weight is 345 g/mol. The summed E-state index contributed by atoms with van der Waals surface area (Å²) in [6.07, 6.45) is 0.801. The molecule has 1 amide bonds. The van der Waals surface area contributed by atoms with Crippen molar-refractivity contribution in [2.75, 3.05) is 0 Å². The number of aromatic nitrogens is 1. The number of carbonyl (C=O) groups excluding carboxylic acids is 1. The lowest BCUT2D eigenvalue weighted by molar-refractivity contribution is 0.0966. The number of fused-ring (bicyclic) bond motifs is 10. The maximum atomic E-state index is 12.7. The number of hydrogen-bond donors (Lipinski definition) is 2. The number of benzene rings is 3. The van der Waals surface area contributed by atoms with Crippen LogP contribution >= 0.6 is 11.6 Å². The number of aromatic amines is 1. The summed E-state index contributed by atoms with van der Waals surface area (Å²) in [5.74, 6) is 0.0289. The smallest absolute Gasteiger partial charge is 0.252 e. The Hall–Kier alpha value is -2.78. The monoisotopic (exact) mass is 344 g/mol. The molecule has 2 aliphatic rings. The van der Waals surface area contributed by atoms with Crippen molar-refractivity contribution >= 4 is 39.3 Å². The molecule has 3 aromatic carbocycles. The summed E-state index contributed by atoms with van der Waals surface area (Å²) in [7, 11) is 0. The van der Waals surface area contributed by atoms with Crippen LogP contribution < -0.4 is 5.32 Å². The molecular formula is C21H13ClN2O. The predicted octanol–water partition coefficient (Wildman–Crippen LogP) is 4.79. The van der Waals surface area contributed by atoms with Crippen LogP contribution in [0.15, 0.2) is 42.5 Å². The van der Waals surface area contributed by atoms with E-state index in [0.29, 0.717) is 6.54 Å². The van der Waals surface area contributed by atoms with Gasteiger partial charge in [0.1, 0.15) is 0 Å². The Labute approximate surface area is 148 Å². The molecule has 2 heterocycles. The summed E-state index contributed by atoms with van der Waals surface area (Å²) in [5, 5.41) is 6.13. The molecule has 4 aromatic rings. The van der Waals surface area contributed by atoms with Crippen LogP contribution in [-0.2, 0) is 13.0 Å². The highest BCUT2D eigenvalue weighted by Gasteiger charge is 2.34. The Kier molecular flexibility index (Phi) is 2.40. The van der Waals surface area contributed by atoms with Crippen molar-refractivity contribution < 1.29 is 4.79 Å². The van der Waals surface area contributed by atoms with Gasteiger partial charge in [-0.25, -0.2) is 0 Å². The minimum absolute atomic E-state index is 0.0289. The fourth-order valence-electron chi connectivity index (χ4n) is 4.53. The van der Waals surface area contributed by atoms with Crippen LogP contribution in [0.4, 0.5) is 0 Å².